The smallest absolute Gasteiger partial charge is 0.244 e. The van der Waals surface area contributed by atoms with Gasteiger partial charge in [0.2, 0.25) is 21.8 Å². The summed E-state index contributed by atoms with van der Waals surface area (Å²) in [5, 5.41) is 3.55. The zero-order valence-electron chi connectivity index (χ0n) is 19.8. The third-order valence-corrected chi connectivity index (χ3v) is 7.13. The summed E-state index contributed by atoms with van der Waals surface area (Å²) in [5.74, 6) is -0.837. The van der Waals surface area contributed by atoms with Gasteiger partial charge in [-0.2, -0.15) is 0 Å². The van der Waals surface area contributed by atoms with Gasteiger partial charge in [-0.1, -0.05) is 55.2 Å². The topological polar surface area (TPSA) is 86.8 Å². The van der Waals surface area contributed by atoms with Gasteiger partial charge in [-0.05, 0) is 55.2 Å². The second kappa shape index (κ2) is 12.4. The second-order valence-corrected chi connectivity index (χ2v) is 10.6. The van der Waals surface area contributed by atoms with Crippen molar-refractivity contribution in [3.8, 4) is 0 Å². The van der Waals surface area contributed by atoms with E-state index in [1.165, 1.54) is 4.90 Å². The fourth-order valence-corrected chi connectivity index (χ4v) is 4.87. The summed E-state index contributed by atoms with van der Waals surface area (Å²) in [7, 11) is -3.77. The molecule has 2 rings (SSSR count). The average molecular weight is 529 g/mol. The van der Waals surface area contributed by atoms with Gasteiger partial charge in [-0.25, -0.2) is 8.42 Å². The Balaban J connectivity index is 2.45. The van der Waals surface area contributed by atoms with Crippen molar-refractivity contribution in [2.24, 2.45) is 0 Å². The van der Waals surface area contributed by atoms with Gasteiger partial charge in [0, 0.05) is 23.1 Å². The molecular formula is C24H31Cl2N3O4S. The Labute approximate surface area is 212 Å². The van der Waals surface area contributed by atoms with E-state index in [-0.39, 0.29) is 12.5 Å². The first-order valence-corrected chi connectivity index (χ1v) is 13.7. The Morgan fingerprint density at radius 3 is 2.18 bits per heavy atom. The van der Waals surface area contributed by atoms with Crippen LogP contribution in [0.4, 0.5) is 5.69 Å². The summed E-state index contributed by atoms with van der Waals surface area (Å²) >= 11 is 12.3. The van der Waals surface area contributed by atoms with Crippen LogP contribution in [0.25, 0.3) is 0 Å². The average Bonchev–Trinajstić information content (AvgIpc) is 2.78. The number of likely N-dealkylation sites (N-methyl/N-ethyl adjacent to an activating group) is 1. The predicted molar refractivity (Wildman–Crippen MR) is 138 cm³/mol. The highest BCUT2D eigenvalue weighted by molar-refractivity contribution is 7.92. The number of carbonyl (C=O) groups is 2. The summed E-state index contributed by atoms with van der Waals surface area (Å²) in [4.78, 5) is 27.7. The lowest BCUT2D eigenvalue weighted by Crippen LogP contribution is -2.52. The lowest BCUT2D eigenvalue weighted by atomic mass is 10.1. The molecule has 2 aromatic rings. The summed E-state index contributed by atoms with van der Waals surface area (Å²) < 4.78 is 26.3. The molecule has 1 atom stereocenters. The van der Waals surface area contributed by atoms with Crippen LogP contribution in [0.3, 0.4) is 0 Å². The Kier molecular flexibility index (Phi) is 10.2. The van der Waals surface area contributed by atoms with E-state index in [0.717, 1.165) is 22.5 Å². The first kappa shape index (κ1) is 28.0. The SMILES string of the molecule is CCNC(=O)[C@@H](CC)N(Cc1ccc(Cl)cc1Cl)C(=O)CN(c1ccc(CC)cc1)S(C)(=O)=O. The van der Waals surface area contributed by atoms with Gasteiger partial charge in [0.05, 0.1) is 11.9 Å². The minimum atomic E-state index is -3.77. The Morgan fingerprint density at radius 1 is 1.03 bits per heavy atom. The van der Waals surface area contributed by atoms with Crippen molar-refractivity contribution in [3.63, 3.8) is 0 Å². The fraction of sp³-hybridized carbons (Fsp3) is 0.417. The Bertz CT molecular complexity index is 1110. The highest BCUT2D eigenvalue weighted by atomic mass is 35.5. The predicted octanol–water partition coefficient (Wildman–Crippen LogP) is 4.27. The largest absolute Gasteiger partial charge is 0.355 e. The summed E-state index contributed by atoms with van der Waals surface area (Å²) in [6.07, 6.45) is 2.20. The highest BCUT2D eigenvalue weighted by Crippen LogP contribution is 2.25. The second-order valence-electron chi connectivity index (χ2n) is 7.87. The van der Waals surface area contributed by atoms with Crippen LogP contribution in [0.5, 0.6) is 0 Å². The number of nitrogens with one attached hydrogen (secondary N) is 1. The van der Waals surface area contributed by atoms with Gasteiger partial charge in [-0.15, -0.1) is 0 Å². The molecular weight excluding hydrogens is 497 g/mol. The van der Waals surface area contributed by atoms with Crippen LogP contribution >= 0.6 is 23.2 Å². The van der Waals surface area contributed by atoms with Crippen LogP contribution in [0.1, 0.15) is 38.3 Å². The molecule has 34 heavy (non-hydrogen) atoms. The van der Waals surface area contributed by atoms with Crippen molar-refractivity contribution in [1.29, 1.82) is 0 Å². The van der Waals surface area contributed by atoms with Crippen LogP contribution in [0.2, 0.25) is 10.0 Å². The van der Waals surface area contributed by atoms with E-state index in [2.05, 4.69) is 5.32 Å². The molecule has 186 valence electrons. The van der Waals surface area contributed by atoms with Crippen LogP contribution in [-0.2, 0) is 32.6 Å². The van der Waals surface area contributed by atoms with Crippen LogP contribution in [0, 0.1) is 0 Å². The first-order chi connectivity index (χ1) is 16.0. The molecule has 0 bridgehead atoms. The number of anilines is 1. The van der Waals surface area contributed by atoms with E-state index < -0.39 is 28.5 Å². The molecule has 0 aliphatic heterocycles. The van der Waals surface area contributed by atoms with Crippen LogP contribution in [0.15, 0.2) is 42.5 Å². The van der Waals surface area contributed by atoms with Gasteiger partial charge < -0.3 is 10.2 Å². The number of hydrogen-bond acceptors (Lipinski definition) is 4. The molecule has 0 saturated carbocycles. The molecule has 1 N–H and O–H groups in total. The van der Waals surface area contributed by atoms with Gasteiger partial charge in [0.1, 0.15) is 12.6 Å². The van der Waals surface area contributed by atoms with Gasteiger partial charge in [0.15, 0.2) is 0 Å². The number of halogens is 2. The molecule has 0 fully saturated rings. The minimum absolute atomic E-state index is 0.0247. The number of carbonyl (C=O) groups excluding carboxylic acids is 2. The van der Waals surface area contributed by atoms with E-state index in [0.29, 0.717) is 34.3 Å². The number of nitrogens with zero attached hydrogens (tertiary/aromatic N) is 2. The van der Waals surface area contributed by atoms with E-state index in [1.807, 2.05) is 19.1 Å². The van der Waals surface area contributed by atoms with Crippen molar-refractivity contribution in [2.45, 2.75) is 46.2 Å². The molecule has 10 heteroatoms. The summed E-state index contributed by atoms with van der Waals surface area (Å²) in [6, 6.07) is 11.1. The maximum Gasteiger partial charge on any atom is 0.244 e. The first-order valence-electron chi connectivity index (χ1n) is 11.1. The normalized spacial score (nSPS) is 12.2. The number of sulfonamides is 1. The molecule has 7 nitrogen and oxygen atoms in total. The molecule has 0 aliphatic carbocycles. The Morgan fingerprint density at radius 2 is 1.68 bits per heavy atom. The lowest BCUT2D eigenvalue weighted by Gasteiger charge is -2.33. The van der Waals surface area contributed by atoms with Crippen molar-refractivity contribution < 1.29 is 18.0 Å². The highest BCUT2D eigenvalue weighted by Gasteiger charge is 2.31. The van der Waals surface area contributed by atoms with Crippen molar-refractivity contribution in [1.82, 2.24) is 10.2 Å². The van der Waals surface area contributed by atoms with E-state index in [9.17, 15) is 18.0 Å². The number of hydrogen-bond donors (Lipinski definition) is 1. The van der Waals surface area contributed by atoms with E-state index in [4.69, 9.17) is 23.2 Å². The molecule has 0 heterocycles. The molecule has 0 unspecified atom stereocenters. The molecule has 0 spiro atoms. The summed E-state index contributed by atoms with van der Waals surface area (Å²) in [5.41, 5.74) is 2.02. The maximum absolute atomic E-state index is 13.6. The quantitative estimate of drug-likeness (QED) is 0.472. The van der Waals surface area contributed by atoms with E-state index in [1.54, 1.807) is 44.2 Å². The van der Waals surface area contributed by atoms with Crippen molar-refractivity contribution in [3.05, 3.63) is 63.6 Å². The third-order valence-electron chi connectivity index (χ3n) is 5.40. The number of aryl methyl sites for hydroxylation is 1. The molecule has 0 radical (unpaired) electrons. The van der Waals surface area contributed by atoms with Crippen molar-refractivity contribution >= 4 is 50.7 Å². The summed E-state index contributed by atoms with van der Waals surface area (Å²) in [6.45, 7) is 5.55. The minimum Gasteiger partial charge on any atom is -0.355 e. The van der Waals surface area contributed by atoms with Crippen LogP contribution in [-0.4, -0.2) is 50.5 Å². The standard InChI is InChI=1S/C24H31Cl2N3O4S/c1-5-17-8-12-20(13-9-17)29(34(4,32)33)16-23(30)28(22(6-2)24(31)27-7-3)15-18-10-11-19(25)14-21(18)26/h8-14,22H,5-7,15-16H2,1-4H3,(H,27,31)/t22-/m1/s1. The number of benzene rings is 2. The monoisotopic (exact) mass is 527 g/mol. The van der Waals surface area contributed by atoms with Crippen molar-refractivity contribution in [2.75, 3.05) is 23.7 Å². The Hall–Kier alpha value is -2.29. The van der Waals surface area contributed by atoms with Crippen LogP contribution < -0.4 is 9.62 Å². The van der Waals surface area contributed by atoms with Gasteiger partial charge in [-0.3, -0.25) is 13.9 Å². The molecule has 0 aliphatic rings. The number of rotatable bonds is 11. The third kappa shape index (κ3) is 7.35. The zero-order valence-corrected chi connectivity index (χ0v) is 22.2. The lowest BCUT2D eigenvalue weighted by molar-refractivity contribution is -0.140. The van der Waals surface area contributed by atoms with Gasteiger partial charge in [0.25, 0.3) is 0 Å². The molecule has 0 aromatic heterocycles. The maximum atomic E-state index is 13.6. The number of amides is 2. The molecule has 0 saturated heterocycles. The van der Waals surface area contributed by atoms with E-state index >= 15 is 0 Å². The molecule has 2 amide bonds. The zero-order chi connectivity index (χ0) is 25.5. The van der Waals surface area contributed by atoms with Gasteiger partial charge >= 0.3 is 0 Å². The fourth-order valence-electron chi connectivity index (χ4n) is 3.56. The molecule has 2 aromatic carbocycles.